The lowest BCUT2D eigenvalue weighted by Crippen LogP contribution is -2.37. The highest BCUT2D eigenvalue weighted by Gasteiger charge is 2.09. The van der Waals surface area contributed by atoms with Crippen LogP contribution in [0.3, 0.4) is 0 Å². The molecule has 1 atom stereocenters. The molecule has 15 heavy (non-hydrogen) atoms. The Labute approximate surface area is 90.6 Å². The molecule has 0 spiro atoms. The van der Waals surface area contributed by atoms with Crippen LogP contribution in [0.2, 0.25) is 0 Å². The molecule has 0 saturated heterocycles. The topological polar surface area (TPSA) is 65.1 Å². The number of aromatic nitrogens is 2. The van der Waals surface area contributed by atoms with Crippen LogP contribution >= 0.6 is 0 Å². The maximum absolute atomic E-state index is 5.47. The third-order valence-electron chi connectivity index (χ3n) is 2.27. The van der Waals surface area contributed by atoms with Crippen LogP contribution in [0.4, 0.5) is 0 Å². The summed E-state index contributed by atoms with van der Waals surface area (Å²) in [5.41, 5.74) is 3.84. The van der Waals surface area contributed by atoms with Gasteiger partial charge < -0.3 is 4.74 Å². The van der Waals surface area contributed by atoms with Crippen molar-refractivity contribution in [2.24, 2.45) is 12.9 Å². The zero-order chi connectivity index (χ0) is 11.1. The van der Waals surface area contributed by atoms with Gasteiger partial charge in [-0.3, -0.25) is 16.0 Å². The molecular weight excluding hydrogens is 192 g/mol. The smallest absolute Gasteiger partial charge is 0.0640 e. The van der Waals surface area contributed by atoms with Gasteiger partial charge in [0.1, 0.15) is 0 Å². The molecule has 86 valence electrons. The summed E-state index contributed by atoms with van der Waals surface area (Å²) in [7, 11) is 1.91. The second-order valence-corrected chi connectivity index (χ2v) is 3.53. The first kappa shape index (κ1) is 12.2. The Hall–Kier alpha value is -0.910. The van der Waals surface area contributed by atoms with E-state index in [1.165, 1.54) is 0 Å². The van der Waals surface area contributed by atoms with E-state index in [2.05, 4.69) is 10.5 Å². The fourth-order valence-corrected chi connectivity index (χ4v) is 1.44. The lowest BCUT2D eigenvalue weighted by Gasteiger charge is -2.14. The van der Waals surface area contributed by atoms with E-state index in [9.17, 15) is 0 Å². The van der Waals surface area contributed by atoms with Gasteiger partial charge in [-0.1, -0.05) is 0 Å². The highest BCUT2D eigenvalue weighted by molar-refractivity contribution is 5.01. The first-order valence-corrected chi connectivity index (χ1v) is 5.28. The maximum Gasteiger partial charge on any atom is 0.0640 e. The number of nitrogens with zero attached hydrogens (tertiary/aromatic N) is 2. The van der Waals surface area contributed by atoms with E-state index in [-0.39, 0.29) is 6.04 Å². The van der Waals surface area contributed by atoms with E-state index < -0.39 is 0 Å². The van der Waals surface area contributed by atoms with Gasteiger partial charge in [-0.2, -0.15) is 5.10 Å². The van der Waals surface area contributed by atoms with Crippen molar-refractivity contribution in [2.75, 3.05) is 13.2 Å². The van der Waals surface area contributed by atoms with Crippen molar-refractivity contribution in [1.29, 1.82) is 0 Å². The molecule has 1 unspecified atom stereocenters. The molecule has 0 aromatic carbocycles. The monoisotopic (exact) mass is 212 g/mol. The van der Waals surface area contributed by atoms with Crippen molar-refractivity contribution in [2.45, 2.75) is 25.8 Å². The van der Waals surface area contributed by atoms with E-state index in [0.717, 1.165) is 31.7 Å². The van der Waals surface area contributed by atoms with Gasteiger partial charge in [0.2, 0.25) is 0 Å². The number of hydrogen-bond donors (Lipinski definition) is 2. The molecule has 1 rings (SSSR count). The van der Waals surface area contributed by atoms with Gasteiger partial charge in [0.05, 0.1) is 5.69 Å². The Kier molecular flexibility index (Phi) is 5.31. The van der Waals surface area contributed by atoms with Crippen LogP contribution in [0.5, 0.6) is 0 Å². The highest BCUT2D eigenvalue weighted by Crippen LogP contribution is 2.02. The van der Waals surface area contributed by atoms with Gasteiger partial charge in [-0.05, 0) is 19.4 Å². The third kappa shape index (κ3) is 4.42. The minimum Gasteiger partial charge on any atom is -0.382 e. The number of nitrogens with one attached hydrogen (secondary N) is 1. The van der Waals surface area contributed by atoms with Gasteiger partial charge in [0, 0.05) is 38.9 Å². The molecule has 5 nitrogen and oxygen atoms in total. The molecule has 3 N–H and O–H groups in total. The van der Waals surface area contributed by atoms with Crippen molar-refractivity contribution in [1.82, 2.24) is 15.2 Å². The quantitative estimate of drug-likeness (QED) is 0.385. The largest absolute Gasteiger partial charge is 0.382 e. The highest BCUT2D eigenvalue weighted by atomic mass is 16.5. The number of nitrogens with two attached hydrogens (primary N) is 1. The normalized spacial score (nSPS) is 13.0. The van der Waals surface area contributed by atoms with Crippen LogP contribution in [0, 0.1) is 0 Å². The molecule has 1 aromatic heterocycles. The van der Waals surface area contributed by atoms with E-state index in [1.807, 2.05) is 26.2 Å². The predicted octanol–water partition coefficient (Wildman–Crippen LogP) is 0.221. The Morgan fingerprint density at radius 3 is 3.00 bits per heavy atom. The lowest BCUT2D eigenvalue weighted by molar-refractivity contribution is 0.136. The first-order chi connectivity index (χ1) is 7.26. The first-order valence-electron chi connectivity index (χ1n) is 5.28. The van der Waals surface area contributed by atoms with E-state index in [1.54, 1.807) is 4.68 Å². The molecule has 1 aromatic rings. The Morgan fingerprint density at radius 1 is 1.67 bits per heavy atom. The summed E-state index contributed by atoms with van der Waals surface area (Å²) in [6, 6.07) is 2.23. The summed E-state index contributed by atoms with van der Waals surface area (Å²) in [4.78, 5) is 0. The fraction of sp³-hybridized carbons (Fsp3) is 0.700. The second-order valence-electron chi connectivity index (χ2n) is 3.53. The number of aryl methyl sites for hydroxylation is 1. The summed E-state index contributed by atoms with van der Waals surface area (Å²) >= 11 is 0. The van der Waals surface area contributed by atoms with Gasteiger partial charge in [0.15, 0.2) is 0 Å². The summed E-state index contributed by atoms with van der Waals surface area (Å²) in [6.45, 7) is 3.47. The van der Waals surface area contributed by atoms with Crippen molar-refractivity contribution < 1.29 is 4.74 Å². The second kappa shape index (κ2) is 6.55. The van der Waals surface area contributed by atoms with Crippen molar-refractivity contribution >= 4 is 0 Å². The number of hydrogen-bond acceptors (Lipinski definition) is 4. The molecule has 0 radical (unpaired) electrons. The Balaban J connectivity index is 2.33. The molecule has 0 aliphatic rings. The van der Waals surface area contributed by atoms with Crippen LogP contribution in [0.25, 0.3) is 0 Å². The van der Waals surface area contributed by atoms with Crippen LogP contribution in [0.1, 0.15) is 19.0 Å². The van der Waals surface area contributed by atoms with Crippen molar-refractivity contribution in [3.8, 4) is 0 Å². The minimum atomic E-state index is 0.228. The summed E-state index contributed by atoms with van der Waals surface area (Å²) in [5, 5.41) is 4.31. The molecule has 0 bridgehead atoms. The molecule has 0 fully saturated rings. The maximum atomic E-state index is 5.47. The minimum absolute atomic E-state index is 0.228. The summed E-state index contributed by atoms with van der Waals surface area (Å²) in [6.07, 6.45) is 3.68. The number of hydrazine groups is 1. The standard InChI is InChI=1S/C10H20N4O/c1-3-15-7-5-9(12-11)8-10-4-6-14(2)13-10/h4,6,9,12H,3,5,7-8,11H2,1-2H3. The van der Waals surface area contributed by atoms with Crippen LogP contribution in [-0.2, 0) is 18.2 Å². The van der Waals surface area contributed by atoms with Crippen LogP contribution in [-0.4, -0.2) is 29.0 Å². The fourth-order valence-electron chi connectivity index (χ4n) is 1.44. The number of ether oxygens (including phenoxy) is 1. The lowest BCUT2D eigenvalue weighted by atomic mass is 10.1. The molecule has 1 heterocycles. The molecule has 0 saturated carbocycles. The average Bonchev–Trinajstić information content (AvgIpc) is 2.63. The summed E-state index contributed by atoms with van der Waals surface area (Å²) in [5.74, 6) is 5.47. The van der Waals surface area contributed by atoms with Gasteiger partial charge in [-0.15, -0.1) is 0 Å². The van der Waals surface area contributed by atoms with E-state index >= 15 is 0 Å². The predicted molar refractivity (Wildman–Crippen MR) is 59.1 cm³/mol. The zero-order valence-electron chi connectivity index (χ0n) is 9.44. The van der Waals surface area contributed by atoms with Gasteiger partial charge in [0.25, 0.3) is 0 Å². The Morgan fingerprint density at radius 2 is 2.47 bits per heavy atom. The Bertz CT molecular complexity index is 274. The molecule has 0 amide bonds. The third-order valence-corrected chi connectivity index (χ3v) is 2.27. The molecule has 0 aliphatic carbocycles. The van der Waals surface area contributed by atoms with Crippen molar-refractivity contribution in [3.63, 3.8) is 0 Å². The van der Waals surface area contributed by atoms with Gasteiger partial charge >= 0.3 is 0 Å². The van der Waals surface area contributed by atoms with E-state index in [4.69, 9.17) is 10.6 Å². The molecular formula is C10H20N4O. The van der Waals surface area contributed by atoms with Gasteiger partial charge in [-0.25, -0.2) is 0 Å². The molecule has 5 heteroatoms. The van der Waals surface area contributed by atoms with Crippen LogP contribution in [0.15, 0.2) is 12.3 Å². The summed E-state index contributed by atoms with van der Waals surface area (Å²) < 4.78 is 7.08. The molecule has 0 aliphatic heterocycles. The zero-order valence-corrected chi connectivity index (χ0v) is 9.44. The average molecular weight is 212 g/mol. The van der Waals surface area contributed by atoms with Crippen molar-refractivity contribution in [3.05, 3.63) is 18.0 Å². The SMILES string of the molecule is CCOCCC(Cc1ccn(C)n1)NN. The number of rotatable bonds is 7. The van der Waals surface area contributed by atoms with E-state index in [0.29, 0.717) is 0 Å². The van der Waals surface area contributed by atoms with Crippen LogP contribution < -0.4 is 11.3 Å².